The molecule has 0 bridgehead atoms. The number of nitrogens with zero attached hydrogens (tertiary/aromatic N) is 1. The van der Waals surface area contributed by atoms with Crippen molar-refractivity contribution in [3.05, 3.63) is 64.7 Å². The van der Waals surface area contributed by atoms with Crippen LogP contribution in [0.2, 0.25) is 0 Å². The third-order valence-electron chi connectivity index (χ3n) is 3.97. The average Bonchev–Trinajstić information content (AvgIpc) is 2.88. The minimum absolute atomic E-state index is 0.0722. The second-order valence-electron chi connectivity index (χ2n) is 5.50. The van der Waals surface area contributed by atoms with E-state index in [2.05, 4.69) is 0 Å². The van der Waals surface area contributed by atoms with Gasteiger partial charge in [-0.15, -0.1) is 0 Å². The number of rotatable bonds is 5. The number of methoxy groups -OCH3 is 1. The number of carbonyl (C=O) groups is 3. The molecule has 1 heterocycles. The van der Waals surface area contributed by atoms with Gasteiger partial charge in [0.25, 0.3) is 11.8 Å². The van der Waals surface area contributed by atoms with E-state index in [-0.39, 0.29) is 23.9 Å². The van der Waals surface area contributed by atoms with Crippen molar-refractivity contribution in [2.24, 2.45) is 0 Å². The Morgan fingerprint density at radius 3 is 2.24 bits per heavy atom. The first-order valence-electron chi connectivity index (χ1n) is 7.86. The number of imide groups is 1. The fraction of sp³-hybridized carbons (Fsp3) is 0.211. The molecule has 2 aromatic carbocycles. The summed E-state index contributed by atoms with van der Waals surface area (Å²) in [6.07, 6.45) is 0. The number of hydrogen-bond donors (Lipinski definition) is 0. The molecule has 2 aromatic rings. The van der Waals surface area contributed by atoms with Crippen LogP contribution >= 0.6 is 0 Å². The molecule has 0 atom stereocenters. The van der Waals surface area contributed by atoms with Gasteiger partial charge in [0.15, 0.2) is 0 Å². The lowest BCUT2D eigenvalue weighted by Crippen LogP contribution is -2.29. The standard InChI is InChI=1S/C19H17NO5/c1-3-25-16-9-8-12(10-15(16)19(23)24-2)11-20-17(21)13-6-4-5-7-14(13)18(20)22/h4-10H,3,11H2,1-2H3. The van der Waals surface area contributed by atoms with Crippen LogP contribution in [-0.2, 0) is 11.3 Å². The molecule has 0 fully saturated rings. The van der Waals surface area contributed by atoms with Gasteiger partial charge in [-0.2, -0.15) is 0 Å². The molecule has 0 aliphatic carbocycles. The van der Waals surface area contributed by atoms with Gasteiger partial charge in [0.2, 0.25) is 0 Å². The third kappa shape index (κ3) is 2.98. The Hall–Kier alpha value is -3.15. The zero-order valence-electron chi connectivity index (χ0n) is 13.9. The number of benzene rings is 2. The molecule has 0 unspecified atom stereocenters. The second kappa shape index (κ2) is 6.76. The molecule has 25 heavy (non-hydrogen) atoms. The van der Waals surface area contributed by atoms with Gasteiger partial charge < -0.3 is 9.47 Å². The van der Waals surface area contributed by atoms with Crippen molar-refractivity contribution in [3.8, 4) is 5.75 Å². The second-order valence-corrected chi connectivity index (χ2v) is 5.50. The molecular formula is C19H17NO5. The highest BCUT2D eigenvalue weighted by Gasteiger charge is 2.35. The van der Waals surface area contributed by atoms with E-state index in [0.717, 1.165) is 0 Å². The van der Waals surface area contributed by atoms with Gasteiger partial charge in [0.1, 0.15) is 11.3 Å². The Balaban J connectivity index is 1.90. The van der Waals surface area contributed by atoms with Gasteiger partial charge in [-0.3, -0.25) is 14.5 Å². The summed E-state index contributed by atoms with van der Waals surface area (Å²) in [5.41, 5.74) is 1.69. The van der Waals surface area contributed by atoms with E-state index in [9.17, 15) is 14.4 Å². The summed E-state index contributed by atoms with van der Waals surface area (Å²) in [6.45, 7) is 2.29. The molecule has 1 aliphatic rings. The monoisotopic (exact) mass is 339 g/mol. The molecule has 1 aliphatic heterocycles. The number of esters is 1. The van der Waals surface area contributed by atoms with Crippen LogP contribution in [0.5, 0.6) is 5.75 Å². The van der Waals surface area contributed by atoms with E-state index in [0.29, 0.717) is 29.0 Å². The first-order valence-corrected chi connectivity index (χ1v) is 7.86. The lowest BCUT2D eigenvalue weighted by atomic mass is 10.1. The maximum Gasteiger partial charge on any atom is 0.341 e. The topological polar surface area (TPSA) is 72.9 Å². The fourth-order valence-electron chi connectivity index (χ4n) is 2.79. The first kappa shape index (κ1) is 16.7. The van der Waals surface area contributed by atoms with Crippen LogP contribution in [0.25, 0.3) is 0 Å². The van der Waals surface area contributed by atoms with Crippen molar-refractivity contribution in [1.82, 2.24) is 4.90 Å². The molecule has 128 valence electrons. The molecular weight excluding hydrogens is 322 g/mol. The summed E-state index contributed by atoms with van der Waals surface area (Å²) in [4.78, 5) is 38.0. The molecule has 6 heteroatoms. The lowest BCUT2D eigenvalue weighted by molar-refractivity contribution is 0.0595. The molecule has 3 rings (SSSR count). The highest BCUT2D eigenvalue weighted by Crippen LogP contribution is 2.26. The zero-order valence-corrected chi connectivity index (χ0v) is 13.9. The van der Waals surface area contributed by atoms with Crippen LogP contribution in [0.15, 0.2) is 42.5 Å². The van der Waals surface area contributed by atoms with Crippen molar-refractivity contribution in [2.75, 3.05) is 13.7 Å². The number of carbonyl (C=O) groups excluding carboxylic acids is 3. The highest BCUT2D eigenvalue weighted by molar-refractivity contribution is 6.21. The smallest absolute Gasteiger partial charge is 0.341 e. The maximum absolute atomic E-state index is 12.4. The van der Waals surface area contributed by atoms with Crippen LogP contribution < -0.4 is 4.74 Å². The van der Waals surface area contributed by atoms with Crippen LogP contribution in [0.3, 0.4) is 0 Å². The van der Waals surface area contributed by atoms with Crippen molar-refractivity contribution in [1.29, 1.82) is 0 Å². The molecule has 0 saturated carbocycles. The first-order chi connectivity index (χ1) is 12.1. The highest BCUT2D eigenvalue weighted by atomic mass is 16.5. The van der Waals surface area contributed by atoms with Gasteiger partial charge in [-0.05, 0) is 36.8 Å². The number of ether oxygens (including phenoxy) is 2. The Kier molecular flexibility index (Phi) is 4.52. The van der Waals surface area contributed by atoms with E-state index in [1.807, 2.05) is 6.92 Å². The Morgan fingerprint density at radius 1 is 1.04 bits per heavy atom. The average molecular weight is 339 g/mol. The van der Waals surface area contributed by atoms with Crippen molar-refractivity contribution in [3.63, 3.8) is 0 Å². The fourth-order valence-corrected chi connectivity index (χ4v) is 2.79. The largest absolute Gasteiger partial charge is 0.493 e. The quantitative estimate of drug-likeness (QED) is 0.618. The van der Waals surface area contributed by atoms with Crippen LogP contribution in [0, 0.1) is 0 Å². The van der Waals surface area contributed by atoms with Crippen LogP contribution in [0.1, 0.15) is 43.6 Å². The van der Waals surface area contributed by atoms with E-state index in [4.69, 9.17) is 9.47 Å². The van der Waals surface area contributed by atoms with Gasteiger partial charge in [0, 0.05) is 0 Å². The molecule has 0 radical (unpaired) electrons. The predicted molar refractivity (Wildman–Crippen MR) is 89.6 cm³/mol. The minimum atomic E-state index is -0.535. The molecule has 0 spiro atoms. The van der Waals surface area contributed by atoms with E-state index >= 15 is 0 Å². The summed E-state index contributed by atoms with van der Waals surface area (Å²) < 4.78 is 10.2. The Morgan fingerprint density at radius 2 is 1.68 bits per heavy atom. The number of amides is 2. The van der Waals surface area contributed by atoms with E-state index < -0.39 is 5.97 Å². The Labute approximate surface area is 145 Å². The van der Waals surface area contributed by atoms with Crippen molar-refractivity contribution in [2.45, 2.75) is 13.5 Å². The third-order valence-corrected chi connectivity index (χ3v) is 3.97. The zero-order chi connectivity index (χ0) is 18.0. The summed E-state index contributed by atoms with van der Waals surface area (Å²) >= 11 is 0. The van der Waals surface area contributed by atoms with Gasteiger partial charge in [-0.1, -0.05) is 18.2 Å². The van der Waals surface area contributed by atoms with Gasteiger partial charge >= 0.3 is 5.97 Å². The van der Waals surface area contributed by atoms with Crippen LogP contribution in [-0.4, -0.2) is 36.4 Å². The number of hydrogen-bond acceptors (Lipinski definition) is 5. The van der Waals surface area contributed by atoms with Crippen molar-refractivity contribution >= 4 is 17.8 Å². The Bertz CT molecular complexity index is 824. The minimum Gasteiger partial charge on any atom is -0.493 e. The lowest BCUT2D eigenvalue weighted by Gasteiger charge is -2.16. The maximum atomic E-state index is 12.4. The summed E-state index contributed by atoms with van der Waals surface area (Å²) in [6, 6.07) is 11.7. The van der Waals surface area contributed by atoms with Crippen LogP contribution in [0.4, 0.5) is 0 Å². The summed E-state index contributed by atoms with van der Waals surface area (Å²) in [5.74, 6) is -0.809. The van der Waals surface area contributed by atoms with E-state index in [1.54, 1.807) is 42.5 Å². The molecule has 2 amide bonds. The number of fused-ring (bicyclic) bond motifs is 1. The molecule has 0 saturated heterocycles. The van der Waals surface area contributed by atoms with E-state index in [1.165, 1.54) is 12.0 Å². The molecule has 6 nitrogen and oxygen atoms in total. The van der Waals surface area contributed by atoms with Gasteiger partial charge in [0.05, 0.1) is 31.4 Å². The SMILES string of the molecule is CCOc1ccc(CN2C(=O)c3ccccc3C2=O)cc1C(=O)OC. The normalized spacial score (nSPS) is 13.0. The summed E-state index contributed by atoms with van der Waals surface area (Å²) in [5, 5.41) is 0. The molecule has 0 aromatic heterocycles. The van der Waals surface area contributed by atoms with Gasteiger partial charge in [-0.25, -0.2) is 4.79 Å². The molecule has 0 N–H and O–H groups in total. The van der Waals surface area contributed by atoms with Crippen molar-refractivity contribution < 1.29 is 23.9 Å². The predicted octanol–water partition coefficient (Wildman–Crippen LogP) is 2.67. The summed E-state index contributed by atoms with van der Waals surface area (Å²) in [7, 11) is 1.29.